The van der Waals surface area contributed by atoms with E-state index in [-0.39, 0.29) is 17.5 Å². The van der Waals surface area contributed by atoms with E-state index in [2.05, 4.69) is 4.98 Å². The van der Waals surface area contributed by atoms with E-state index in [1.54, 1.807) is 16.8 Å². The van der Waals surface area contributed by atoms with Crippen LogP contribution in [0.25, 0.3) is 10.2 Å². The molecule has 26 heavy (non-hydrogen) atoms. The van der Waals surface area contributed by atoms with Gasteiger partial charge in [0.05, 0.1) is 28.2 Å². The highest BCUT2D eigenvalue weighted by molar-refractivity contribution is 7.16. The van der Waals surface area contributed by atoms with Gasteiger partial charge >= 0.3 is 6.09 Å². The van der Waals surface area contributed by atoms with Crippen molar-refractivity contribution in [3.63, 3.8) is 0 Å². The molecule has 0 radical (unpaired) electrons. The minimum Gasteiger partial charge on any atom is -0.484 e. The number of fused-ring (bicyclic) bond motifs is 1. The fourth-order valence-corrected chi connectivity index (χ4v) is 3.29. The summed E-state index contributed by atoms with van der Waals surface area (Å²) in [4.78, 5) is 28.0. The van der Waals surface area contributed by atoms with Gasteiger partial charge in [-0.2, -0.15) is 0 Å². The summed E-state index contributed by atoms with van der Waals surface area (Å²) in [5, 5.41) is 10.6. The van der Waals surface area contributed by atoms with Crippen LogP contribution in [0.2, 0.25) is 0 Å². The van der Waals surface area contributed by atoms with Gasteiger partial charge < -0.3 is 14.4 Å². The van der Waals surface area contributed by atoms with E-state index < -0.39 is 11.0 Å². The van der Waals surface area contributed by atoms with E-state index in [9.17, 15) is 14.9 Å². The van der Waals surface area contributed by atoms with E-state index in [4.69, 9.17) is 9.47 Å². The topological polar surface area (TPSA) is 94.8 Å². The molecule has 0 spiro atoms. The summed E-state index contributed by atoms with van der Waals surface area (Å²) in [6.45, 7) is 0.818. The van der Waals surface area contributed by atoms with Gasteiger partial charge in [0.15, 0.2) is 0 Å². The van der Waals surface area contributed by atoms with E-state index in [1.165, 1.54) is 29.2 Å². The zero-order valence-corrected chi connectivity index (χ0v) is 14.2. The zero-order valence-electron chi connectivity index (χ0n) is 13.4. The highest BCUT2D eigenvalue weighted by Gasteiger charge is 2.34. The molecule has 0 aliphatic carbocycles. The summed E-state index contributed by atoms with van der Waals surface area (Å²) in [5.41, 5.74) is 2.54. The van der Waals surface area contributed by atoms with Crippen molar-refractivity contribution in [1.29, 1.82) is 0 Å². The molecule has 0 N–H and O–H groups in total. The molecule has 1 fully saturated rings. The Morgan fingerprint density at radius 1 is 1.23 bits per heavy atom. The van der Waals surface area contributed by atoms with Crippen LogP contribution in [0.3, 0.4) is 0 Å². The number of nitro benzene ring substituents is 1. The molecule has 1 saturated heterocycles. The minimum absolute atomic E-state index is 0.0570. The third-order valence-electron chi connectivity index (χ3n) is 3.98. The van der Waals surface area contributed by atoms with Crippen molar-refractivity contribution in [1.82, 2.24) is 9.88 Å². The van der Waals surface area contributed by atoms with Crippen molar-refractivity contribution in [3.05, 3.63) is 58.1 Å². The third-order valence-corrected chi connectivity index (χ3v) is 4.77. The Kier molecular flexibility index (Phi) is 4.13. The maximum absolute atomic E-state index is 12.1. The number of hydrogen-bond donors (Lipinski definition) is 0. The number of benzene rings is 2. The van der Waals surface area contributed by atoms with Gasteiger partial charge in [-0.25, -0.2) is 9.78 Å². The van der Waals surface area contributed by atoms with Gasteiger partial charge in [-0.05, 0) is 24.3 Å². The summed E-state index contributed by atoms with van der Waals surface area (Å²) >= 11 is 1.55. The molecule has 2 heterocycles. The van der Waals surface area contributed by atoms with Crippen LogP contribution in [-0.4, -0.2) is 40.1 Å². The lowest BCUT2D eigenvalue weighted by atomic mass is 10.2. The molecule has 1 aliphatic heterocycles. The predicted octanol–water partition coefficient (Wildman–Crippen LogP) is 3.47. The second kappa shape index (κ2) is 6.60. The number of carbonyl (C=O) groups excluding carboxylic acids is 1. The van der Waals surface area contributed by atoms with Crippen LogP contribution in [0.4, 0.5) is 10.5 Å². The number of nitrogens with zero attached hydrogens (tertiary/aromatic N) is 3. The number of nitro groups is 1. The van der Waals surface area contributed by atoms with Gasteiger partial charge in [0, 0.05) is 12.1 Å². The van der Waals surface area contributed by atoms with E-state index in [1.807, 2.05) is 18.2 Å². The first kappa shape index (κ1) is 16.3. The lowest BCUT2D eigenvalue weighted by Gasteiger charge is -2.37. The average molecular weight is 371 g/mol. The van der Waals surface area contributed by atoms with Crippen LogP contribution in [0.5, 0.6) is 11.5 Å². The molecule has 8 nitrogen and oxygen atoms in total. The monoisotopic (exact) mass is 371 g/mol. The molecule has 1 aromatic heterocycles. The molecule has 0 atom stereocenters. The minimum atomic E-state index is -0.509. The molecular formula is C17H13N3O5S. The standard InChI is InChI=1S/C17H13N3O5S/c21-17(25-12-6-4-11(5-7-12)20(22)23)19-8-13(9-19)24-14-2-1-3-15-16(14)18-10-26-15/h1-7,10,13H,8-9H2. The zero-order chi connectivity index (χ0) is 18.1. The molecule has 0 bridgehead atoms. The largest absolute Gasteiger partial charge is 0.484 e. The maximum atomic E-state index is 12.1. The number of hydrogen-bond acceptors (Lipinski definition) is 7. The average Bonchev–Trinajstić information content (AvgIpc) is 3.07. The molecule has 0 saturated carbocycles. The van der Waals surface area contributed by atoms with Crippen molar-refractivity contribution < 1.29 is 19.2 Å². The number of likely N-dealkylation sites (tertiary alicyclic amines) is 1. The van der Waals surface area contributed by atoms with Gasteiger partial charge in [0.25, 0.3) is 5.69 Å². The van der Waals surface area contributed by atoms with Crippen molar-refractivity contribution in [3.8, 4) is 11.5 Å². The summed E-state index contributed by atoms with van der Waals surface area (Å²) in [6.07, 6.45) is -0.628. The van der Waals surface area contributed by atoms with Gasteiger partial charge in [-0.1, -0.05) is 6.07 Å². The number of para-hydroxylation sites is 1. The Bertz CT molecular complexity index is 966. The van der Waals surface area contributed by atoms with E-state index >= 15 is 0 Å². The molecule has 132 valence electrons. The number of non-ortho nitro benzene ring substituents is 1. The Morgan fingerprint density at radius 3 is 2.73 bits per heavy atom. The van der Waals surface area contributed by atoms with Crippen LogP contribution in [-0.2, 0) is 0 Å². The second-order valence-electron chi connectivity index (χ2n) is 5.72. The number of aromatic nitrogens is 1. The van der Waals surface area contributed by atoms with Crippen molar-refractivity contribution in [2.75, 3.05) is 13.1 Å². The first-order valence-electron chi connectivity index (χ1n) is 7.80. The number of thiazole rings is 1. The number of ether oxygens (including phenoxy) is 2. The number of amides is 1. The van der Waals surface area contributed by atoms with Crippen LogP contribution >= 0.6 is 11.3 Å². The van der Waals surface area contributed by atoms with E-state index in [0.29, 0.717) is 18.8 Å². The SMILES string of the molecule is O=C(Oc1ccc([N+](=O)[O-])cc1)N1CC(Oc2cccc3scnc23)C1. The molecule has 4 rings (SSSR count). The van der Waals surface area contributed by atoms with Crippen molar-refractivity contribution in [2.24, 2.45) is 0 Å². The summed E-state index contributed by atoms with van der Waals surface area (Å²) in [5.74, 6) is 0.967. The maximum Gasteiger partial charge on any atom is 0.415 e. The van der Waals surface area contributed by atoms with Crippen molar-refractivity contribution >= 4 is 33.3 Å². The Balaban J connectivity index is 1.32. The molecule has 1 aliphatic rings. The fourth-order valence-electron chi connectivity index (χ4n) is 2.60. The smallest absolute Gasteiger partial charge is 0.415 e. The molecule has 3 aromatic rings. The number of rotatable bonds is 4. The summed E-state index contributed by atoms with van der Waals surface area (Å²) < 4.78 is 12.2. The van der Waals surface area contributed by atoms with Crippen molar-refractivity contribution in [2.45, 2.75) is 6.10 Å². The van der Waals surface area contributed by atoms with Crippen LogP contribution < -0.4 is 9.47 Å². The summed E-state index contributed by atoms with van der Waals surface area (Å²) in [7, 11) is 0. The lowest BCUT2D eigenvalue weighted by Crippen LogP contribution is -2.57. The predicted molar refractivity (Wildman–Crippen MR) is 94.7 cm³/mol. The Labute approximate surface area is 151 Å². The first-order chi connectivity index (χ1) is 12.6. The van der Waals surface area contributed by atoms with Gasteiger partial charge in [-0.15, -0.1) is 11.3 Å². The normalized spacial score (nSPS) is 14.1. The number of carbonyl (C=O) groups is 1. The Hall–Kier alpha value is -3.20. The summed E-state index contributed by atoms with van der Waals surface area (Å²) in [6, 6.07) is 11.1. The highest BCUT2D eigenvalue weighted by Crippen LogP contribution is 2.29. The molecule has 0 unspecified atom stereocenters. The molecule has 9 heteroatoms. The van der Waals surface area contributed by atoms with Gasteiger partial charge in [-0.3, -0.25) is 10.1 Å². The Morgan fingerprint density at radius 2 is 2.00 bits per heavy atom. The highest BCUT2D eigenvalue weighted by atomic mass is 32.1. The third kappa shape index (κ3) is 3.16. The first-order valence-corrected chi connectivity index (χ1v) is 8.68. The lowest BCUT2D eigenvalue weighted by molar-refractivity contribution is -0.384. The van der Waals surface area contributed by atoms with Gasteiger partial charge in [0.1, 0.15) is 23.1 Å². The molecule has 1 amide bonds. The van der Waals surface area contributed by atoms with Crippen LogP contribution in [0, 0.1) is 10.1 Å². The van der Waals surface area contributed by atoms with Gasteiger partial charge in [0.2, 0.25) is 0 Å². The van der Waals surface area contributed by atoms with Crippen LogP contribution in [0.1, 0.15) is 0 Å². The second-order valence-corrected chi connectivity index (χ2v) is 6.61. The fraction of sp³-hybridized carbons (Fsp3) is 0.176. The molecule has 2 aromatic carbocycles. The quantitative estimate of drug-likeness (QED) is 0.515. The van der Waals surface area contributed by atoms with E-state index in [0.717, 1.165) is 10.2 Å². The molecular weight excluding hydrogens is 358 g/mol. The van der Waals surface area contributed by atoms with Crippen LogP contribution in [0.15, 0.2) is 48.0 Å².